The van der Waals surface area contributed by atoms with E-state index in [1.54, 1.807) is 0 Å². The van der Waals surface area contributed by atoms with Crippen molar-refractivity contribution < 1.29 is 9.84 Å². The molecule has 3 nitrogen and oxygen atoms in total. The Morgan fingerprint density at radius 1 is 1.56 bits per heavy atom. The molecule has 1 heterocycles. The zero-order valence-corrected chi connectivity index (χ0v) is 5.42. The van der Waals surface area contributed by atoms with Gasteiger partial charge in [0.15, 0.2) is 0 Å². The van der Waals surface area contributed by atoms with Crippen molar-refractivity contribution in [2.75, 3.05) is 19.8 Å². The highest BCUT2D eigenvalue weighted by Gasteiger charge is 2.24. The van der Waals surface area contributed by atoms with E-state index >= 15 is 0 Å². The van der Waals surface area contributed by atoms with Crippen LogP contribution in [0.25, 0.3) is 0 Å². The number of ether oxygens (including phenoxy) is 1. The second-order valence-electron chi connectivity index (χ2n) is 2.44. The predicted octanol–water partition coefficient (Wildman–Crippen LogP) is -0.658. The monoisotopic (exact) mass is 131 g/mol. The van der Waals surface area contributed by atoms with E-state index in [1.807, 2.05) is 0 Å². The molecule has 54 valence electrons. The van der Waals surface area contributed by atoms with E-state index < -0.39 is 0 Å². The Kier molecular flexibility index (Phi) is 2.45. The summed E-state index contributed by atoms with van der Waals surface area (Å²) in [5, 5.41) is 9.14. The van der Waals surface area contributed by atoms with Crippen molar-refractivity contribution >= 4 is 0 Å². The van der Waals surface area contributed by atoms with Crippen LogP contribution in [0.3, 0.4) is 0 Å². The molecule has 0 spiro atoms. The van der Waals surface area contributed by atoms with Gasteiger partial charge in [-0.3, -0.25) is 0 Å². The topological polar surface area (TPSA) is 55.5 Å². The van der Waals surface area contributed by atoms with Gasteiger partial charge in [0.2, 0.25) is 0 Å². The lowest BCUT2D eigenvalue weighted by molar-refractivity contribution is 0.117. The van der Waals surface area contributed by atoms with Gasteiger partial charge in [0.05, 0.1) is 19.3 Å². The van der Waals surface area contributed by atoms with E-state index in [2.05, 4.69) is 0 Å². The molecule has 1 aliphatic heterocycles. The lowest BCUT2D eigenvalue weighted by Gasteiger charge is -2.08. The molecule has 0 aliphatic carbocycles. The molecule has 0 saturated carbocycles. The first kappa shape index (κ1) is 6.99. The third-order valence-electron chi connectivity index (χ3n) is 1.70. The minimum absolute atomic E-state index is 0.270. The fourth-order valence-corrected chi connectivity index (χ4v) is 1.08. The molecule has 3 N–H and O–H groups in total. The van der Waals surface area contributed by atoms with E-state index in [4.69, 9.17) is 15.6 Å². The molecule has 0 unspecified atom stereocenters. The lowest BCUT2D eigenvalue weighted by atomic mass is 10.0. The Hall–Kier alpha value is -0.120. The first-order valence-electron chi connectivity index (χ1n) is 3.30. The van der Waals surface area contributed by atoms with Crippen LogP contribution < -0.4 is 5.73 Å². The maximum Gasteiger partial charge on any atom is 0.0824 e. The number of hydrogen-bond acceptors (Lipinski definition) is 3. The highest BCUT2D eigenvalue weighted by Crippen LogP contribution is 2.15. The molecule has 0 aromatic carbocycles. The molecule has 9 heavy (non-hydrogen) atoms. The van der Waals surface area contributed by atoms with Crippen molar-refractivity contribution in [1.82, 2.24) is 0 Å². The average Bonchev–Trinajstić information content (AvgIpc) is 2.18. The molecule has 3 heteroatoms. The molecule has 1 rings (SSSR count). The first-order chi connectivity index (χ1) is 4.34. The number of aliphatic hydroxyl groups excluding tert-OH is 1. The summed E-state index contributed by atoms with van der Waals surface area (Å²) in [6, 6.07) is 0. The van der Waals surface area contributed by atoms with Crippen molar-refractivity contribution in [3.05, 3.63) is 0 Å². The van der Waals surface area contributed by atoms with Crippen LogP contribution in [-0.2, 0) is 4.74 Å². The summed E-state index contributed by atoms with van der Waals surface area (Å²) in [7, 11) is 0. The molecule has 1 saturated heterocycles. The van der Waals surface area contributed by atoms with Crippen molar-refractivity contribution in [3.63, 3.8) is 0 Å². The smallest absolute Gasteiger partial charge is 0.0824 e. The summed E-state index contributed by atoms with van der Waals surface area (Å²) in [6.07, 6.45) is 0.606. The molecule has 1 fully saturated rings. The van der Waals surface area contributed by atoms with Gasteiger partial charge in [0, 0.05) is 5.92 Å². The van der Waals surface area contributed by atoms with Gasteiger partial charge >= 0.3 is 0 Å². The summed E-state index contributed by atoms with van der Waals surface area (Å²) in [4.78, 5) is 0. The minimum atomic E-state index is -0.270. The highest BCUT2D eigenvalue weighted by atomic mass is 16.5. The molecule has 1 aliphatic rings. The third-order valence-corrected chi connectivity index (χ3v) is 1.70. The molecule has 0 radical (unpaired) electrons. The molecule has 0 amide bonds. The van der Waals surface area contributed by atoms with E-state index in [9.17, 15) is 0 Å². The van der Waals surface area contributed by atoms with Crippen LogP contribution in [0.15, 0.2) is 0 Å². The van der Waals surface area contributed by atoms with Crippen LogP contribution in [0, 0.1) is 5.92 Å². The van der Waals surface area contributed by atoms with Crippen molar-refractivity contribution in [2.45, 2.75) is 12.5 Å². The predicted molar refractivity (Wildman–Crippen MR) is 34.0 cm³/mol. The normalized spacial score (nSPS) is 35.3. The number of nitrogens with two attached hydrogens (primary N) is 1. The van der Waals surface area contributed by atoms with Crippen LogP contribution in [-0.4, -0.2) is 31.0 Å². The van der Waals surface area contributed by atoms with Crippen molar-refractivity contribution in [1.29, 1.82) is 0 Å². The van der Waals surface area contributed by atoms with Gasteiger partial charge in [-0.05, 0) is 13.0 Å². The largest absolute Gasteiger partial charge is 0.390 e. The summed E-state index contributed by atoms with van der Waals surface area (Å²) >= 11 is 0. The first-order valence-corrected chi connectivity index (χ1v) is 3.30. The van der Waals surface area contributed by atoms with Gasteiger partial charge in [-0.2, -0.15) is 0 Å². The Morgan fingerprint density at radius 3 is 2.78 bits per heavy atom. The molecular formula is C6H13NO2. The maximum absolute atomic E-state index is 9.14. The minimum Gasteiger partial charge on any atom is -0.390 e. The summed E-state index contributed by atoms with van der Waals surface area (Å²) in [5.74, 6) is 0.287. The van der Waals surface area contributed by atoms with E-state index in [0.717, 1.165) is 6.42 Å². The summed E-state index contributed by atoms with van der Waals surface area (Å²) < 4.78 is 5.02. The zero-order chi connectivity index (χ0) is 6.69. The molecular weight excluding hydrogens is 118 g/mol. The van der Waals surface area contributed by atoms with E-state index in [1.165, 1.54) is 0 Å². The number of aliphatic hydroxyl groups is 1. The Morgan fingerprint density at radius 2 is 2.33 bits per heavy atom. The Balaban J connectivity index is 2.22. The maximum atomic E-state index is 9.14. The van der Waals surface area contributed by atoms with Gasteiger partial charge in [0.25, 0.3) is 0 Å². The quantitative estimate of drug-likeness (QED) is 0.523. The Bertz CT molecular complexity index is 87.1. The Labute approximate surface area is 54.8 Å². The molecule has 0 aromatic rings. The van der Waals surface area contributed by atoms with E-state index in [-0.39, 0.29) is 12.0 Å². The van der Waals surface area contributed by atoms with Crippen molar-refractivity contribution in [3.8, 4) is 0 Å². The van der Waals surface area contributed by atoms with Crippen LogP contribution in [0.1, 0.15) is 6.42 Å². The van der Waals surface area contributed by atoms with Gasteiger partial charge in [0.1, 0.15) is 0 Å². The fraction of sp³-hybridized carbons (Fsp3) is 1.00. The van der Waals surface area contributed by atoms with Crippen molar-refractivity contribution in [2.24, 2.45) is 11.7 Å². The van der Waals surface area contributed by atoms with Gasteiger partial charge in [-0.15, -0.1) is 0 Å². The van der Waals surface area contributed by atoms with Gasteiger partial charge in [-0.25, -0.2) is 0 Å². The van der Waals surface area contributed by atoms with E-state index in [0.29, 0.717) is 19.8 Å². The molecule has 0 bridgehead atoms. The SMILES string of the molecule is NCC[C@@H]1COC[C@H]1O. The molecule has 0 aromatic heterocycles. The molecule has 2 atom stereocenters. The van der Waals surface area contributed by atoms with Gasteiger partial charge in [-0.1, -0.05) is 0 Å². The zero-order valence-electron chi connectivity index (χ0n) is 5.42. The number of hydrogen-bond donors (Lipinski definition) is 2. The third kappa shape index (κ3) is 1.64. The number of rotatable bonds is 2. The second kappa shape index (κ2) is 3.15. The van der Waals surface area contributed by atoms with Crippen LogP contribution in [0.2, 0.25) is 0 Å². The summed E-state index contributed by atoms with van der Waals surface area (Å²) in [6.45, 7) is 1.81. The van der Waals surface area contributed by atoms with Crippen LogP contribution >= 0.6 is 0 Å². The summed E-state index contributed by atoms with van der Waals surface area (Å²) in [5.41, 5.74) is 5.30. The average molecular weight is 131 g/mol. The van der Waals surface area contributed by atoms with Gasteiger partial charge < -0.3 is 15.6 Å². The highest BCUT2D eigenvalue weighted by molar-refractivity contribution is 4.73. The standard InChI is InChI=1S/C6H13NO2/c7-2-1-5-3-9-4-6(5)8/h5-6,8H,1-4,7H2/t5-,6-/m1/s1. The van der Waals surface area contributed by atoms with Crippen LogP contribution in [0.5, 0.6) is 0 Å². The second-order valence-corrected chi connectivity index (χ2v) is 2.44. The fourth-order valence-electron chi connectivity index (χ4n) is 1.08. The lowest BCUT2D eigenvalue weighted by Crippen LogP contribution is -2.20. The van der Waals surface area contributed by atoms with Crippen LogP contribution in [0.4, 0.5) is 0 Å².